The quantitative estimate of drug-likeness (QED) is 0.152. The van der Waals surface area contributed by atoms with Crippen molar-refractivity contribution in [3.63, 3.8) is 0 Å². The summed E-state index contributed by atoms with van der Waals surface area (Å²) in [5.74, 6) is 0. The first-order valence-electron chi connectivity index (χ1n) is 8.22. The molecule has 0 unspecified atom stereocenters. The molecule has 0 saturated heterocycles. The smallest absolute Gasteiger partial charge is 0.852 e. The molecule has 0 N–H and O–H groups in total. The standard InChI is InChI=1S/C3H7O.3C2H8O7P2.Ti/c1-3(2)4;3*1-7-11(6,8-2)9-10(3,4)5;/h3H,1-2H3;3*1-2H3,(H2,3,4,5);/q-1;;;;+4/p-3. The topological polar surface area (TPSA) is 347 Å². The van der Waals surface area contributed by atoms with E-state index in [4.69, 9.17) is 0 Å². The first kappa shape index (κ1) is 49.1. The Morgan fingerprint density at radius 1 is 0.474 bits per heavy atom. The molecule has 0 aromatic rings. The average Bonchev–Trinajstić information content (AvgIpc) is 2.70. The van der Waals surface area contributed by atoms with Gasteiger partial charge in [-0.05, 0) is 0 Å². The monoisotopic (exact) mass is 722 g/mol. The van der Waals surface area contributed by atoms with Gasteiger partial charge >= 0.3 is 49.5 Å². The fourth-order valence-corrected chi connectivity index (χ4v) is 5.78. The van der Waals surface area contributed by atoms with E-state index in [1.54, 1.807) is 13.8 Å². The zero-order chi connectivity index (χ0) is 30.9. The van der Waals surface area contributed by atoms with Gasteiger partial charge in [0, 0.05) is 42.7 Å². The SMILES string of the molecule is CC(C)[O-].COP(=O)(OC)OP(=O)([O-])[O-].COP(=O)(OC)OP(=O)([O-])[O-].COP(=O)(OC)OP(=O)([O-])[O-].[H+].[H+].[H+].[Ti+4]. The molecule has 0 fully saturated rings. The molecule has 0 aliphatic rings. The van der Waals surface area contributed by atoms with E-state index in [0.717, 1.165) is 42.7 Å². The van der Waals surface area contributed by atoms with Gasteiger partial charge in [-0.15, -0.1) is 6.10 Å². The van der Waals surface area contributed by atoms with E-state index in [1.165, 1.54) is 0 Å². The van der Waals surface area contributed by atoms with Crippen LogP contribution < -0.4 is 34.5 Å². The number of phosphoric acid groups is 6. The van der Waals surface area contributed by atoms with Crippen molar-refractivity contribution < 1.29 is 128 Å². The molecule has 0 saturated carbocycles. The predicted octanol–water partition coefficient (Wildman–Crippen LogP) is -2.21. The summed E-state index contributed by atoms with van der Waals surface area (Å²) in [6, 6.07) is 0. The molecule has 0 aliphatic heterocycles. The molecule has 29 heteroatoms. The van der Waals surface area contributed by atoms with Crippen molar-refractivity contribution in [2.75, 3.05) is 42.7 Å². The van der Waals surface area contributed by atoms with Crippen LogP contribution in [-0.2, 0) is 89.2 Å². The Labute approximate surface area is 237 Å². The van der Waals surface area contributed by atoms with Crippen molar-refractivity contribution in [3.05, 3.63) is 0 Å². The molecule has 22 nitrogen and oxygen atoms in total. The first-order chi connectivity index (χ1) is 16.2. The summed E-state index contributed by atoms with van der Waals surface area (Å²) in [4.78, 5) is 59.3. The molecule has 0 spiro atoms. The minimum Gasteiger partial charge on any atom is -0.852 e. The fraction of sp³-hybridized carbons (Fsp3) is 1.00. The van der Waals surface area contributed by atoms with Crippen molar-refractivity contribution in [1.82, 2.24) is 0 Å². The second kappa shape index (κ2) is 22.1. The molecular formula is C9H28O22P6Ti. The van der Waals surface area contributed by atoms with Gasteiger partial charge in [0.05, 0.1) is 23.5 Å². The number of rotatable bonds is 12. The third-order valence-electron chi connectivity index (χ3n) is 1.94. The molecule has 0 aliphatic carbocycles. The Balaban J connectivity index is -0.0000000595. The van der Waals surface area contributed by atoms with Crippen molar-refractivity contribution in [1.29, 1.82) is 0 Å². The molecule has 0 atom stereocenters. The molecule has 0 aromatic heterocycles. The second-order valence-electron chi connectivity index (χ2n) is 5.07. The van der Waals surface area contributed by atoms with E-state index in [9.17, 15) is 61.9 Å². The van der Waals surface area contributed by atoms with Crippen LogP contribution in [0.1, 0.15) is 18.1 Å². The molecule has 0 aromatic carbocycles. The zero-order valence-corrected chi connectivity index (χ0v) is 27.7. The van der Waals surface area contributed by atoms with Gasteiger partial charge in [-0.1, -0.05) is 13.8 Å². The van der Waals surface area contributed by atoms with Gasteiger partial charge in [0.2, 0.25) is 0 Å². The Bertz CT molecular complexity index is 769. The van der Waals surface area contributed by atoms with Gasteiger partial charge in [-0.3, -0.25) is 40.1 Å². The third kappa shape index (κ3) is 35.5. The number of phosphoric ester groups is 3. The molecule has 0 heterocycles. The Morgan fingerprint density at radius 2 is 0.579 bits per heavy atom. The van der Waals surface area contributed by atoms with Gasteiger partial charge in [0.25, 0.3) is 0 Å². The summed E-state index contributed by atoms with van der Waals surface area (Å²) in [7, 11) is -23.2. The molecule has 230 valence electrons. The summed E-state index contributed by atoms with van der Waals surface area (Å²) in [6.07, 6.45) is -0.417. The van der Waals surface area contributed by atoms with Crippen LogP contribution in [0.4, 0.5) is 0 Å². The normalized spacial score (nSPS) is 12.6. The Hall–Kier alpha value is 1.45. The zero-order valence-electron chi connectivity index (χ0n) is 23.7. The van der Waals surface area contributed by atoms with Crippen LogP contribution in [0.25, 0.3) is 0 Å². The predicted molar refractivity (Wildman–Crippen MR) is 109 cm³/mol. The number of hydrogen-bond acceptors (Lipinski definition) is 22. The van der Waals surface area contributed by atoms with Crippen LogP contribution in [0.3, 0.4) is 0 Å². The molecule has 0 radical (unpaired) electrons. The van der Waals surface area contributed by atoms with Gasteiger partial charge in [0.15, 0.2) is 0 Å². The second-order valence-corrected chi connectivity index (χ2v) is 14.6. The first-order valence-corrected chi connectivity index (χ1v) is 17.0. The van der Waals surface area contributed by atoms with Gasteiger partial charge in [-0.2, -0.15) is 0 Å². The molecule has 0 rings (SSSR count). The van der Waals surface area contributed by atoms with E-state index in [-0.39, 0.29) is 26.0 Å². The van der Waals surface area contributed by atoms with E-state index in [1.807, 2.05) is 0 Å². The van der Waals surface area contributed by atoms with E-state index in [2.05, 4.69) is 40.1 Å². The average molecular weight is 722 g/mol. The molecule has 0 bridgehead atoms. The minimum atomic E-state index is -5.33. The molecule has 0 amide bonds. The maximum absolute atomic E-state index is 10.7. The van der Waals surface area contributed by atoms with Crippen LogP contribution in [0, 0.1) is 0 Å². The summed E-state index contributed by atoms with van der Waals surface area (Å²) in [5, 5.41) is 9.53. The van der Waals surface area contributed by atoms with Gasteiger partial charge in [-0.25, -0.2) is 13.7 Å². The van der Waals surface area contributed by atoms with Gasteiger partial charge in [0.1, 0.15) is 0 Å². The Kier molecular flexibility index (Phi) is 28.5. The van der Waals surface area contributed by atoms with Crippen LogP contribution >= 0.6 is 46.9 Å². The molecular weight excluding hydrogens is 694 g/mol. The Morgan fingerprint density at radius 3 is 0.605 bits per heavy atom. The summed E-state index contributed by atoms with van der Waals surface area (Å²) in [6.45, 7) is 3.22. The van der Waals surface area contributed by atoms with Crippen LogP contribution in [0.5, 0.6) is 0 Å². The van der Waals surface area contributed by atoms with E-state index < -0.39 is 53.0 Å². The van der Waals surface area contributed by atoms with Crippen molar-refractivity contribution in [2.45, 2.75) is 20.0 Å². The third-order valence-corrected chi connectivity index (χ3v) is 9.42. The summed E-state index contributed by atoms with van der Waals surface area (Å²) in [5.41, 5.74) is 0. The van der Waals surface area contributed by atoms with E-state index in [0.29, 0.717) is 0 Å². The minimum absolute atomic E-state index is 0. The van der Waals surface area contributed by atoms with Crippen molar-refractivity contribution >= 4 is 46.9 Å². The maximum atomic E-state index is 10.7. The fourth-order valence-electron chi connectivity index (χ4n) is 0.791. The summed E-state index contributed by atoms with van der Waals surface area (Å²) < 4.78 is 96.3. The van der Waals surface area contributed by atoms with Crippen molar-refractivity contribution in [2.24, 2.45) is 0 Å². The van der Waals surface area contributed by atoms with Gasteiger partial charge < -0.3 is 48.2 Å². The van der Waals surface area contributed by atoms with Crippen LogP contribution in [0.15, 0.2) is 0 Å². The van der Waals surface area contributed by atoms with Crippen LogP contribution in [-0.4, -0.2) is 48.8 Å². The maximum Gasteiger partial charge on any atom is 4.00 e. The molecule has 38 heavy (non-hydrogen) atoms. The van der Waals surface area contributed by atoms with Crippen molar-refractivity contribution in [3.8, 4) is 0 Å². The van der Waals surface area contributed by atoms with Crippen LogP contribution in [0.2, 0.25) is 0 Å². The summed E-state index contributed by atoms with van der Waals surface area (Å²) >= 11 is 0. The van der Waals surface area contributed by atoms with E-state index >= 15 is 0 Å². The number of hydrogen-bond donors (Lipinski definition) is 0. The largest absolute Gasteiger partial charge is 4.00 e.